The van der Waals surface area contributed by atoms with E-state index in [0.717, 1.165) is 15.2 Å². The highest BCUT2D eigenvalue weighted by molar-refractivity contribution is 7.89. The van der Waals surface area contributed by atoms with Crippen molar-refractivity contribution in [2.75, 3.05) is 0 Å². The lowest BCUT2D eigenvalue weighted by atomic mass is 9.54. The first-order chi connectivity index (χ1) is 15.4. The molecule has 0 fully saturated rings. The van der Waals surface area contributed by atoms with E-state index in [1.165, 1.54) is 0 Å². The average molecular weight is 444 g/mol. The Kier molecular flexibility index (Phi) is 4.64. The van der Waals surface area contributed by atoms with Crippen LogP contribution in [0.4, 0.5) is 0 Å². The van der Waals surface area contributed by atoms with Crippen LogP contribution in [-0.4, -0.2) is 23.4 Å². The van der Waals surface area contributed by atoms with Crippen LogP contribution in [0, 0.1) is 23.2 Å². The van der Waals surface area contributed by atoms with E-state index in [1.54, 1.807) is 42.6 Å². The molecule has 1 heterocycles. The summed E-state index contributed by atoms with van der Waals surface area (Å²) in [5.41, 5.74) is 1.59. The van der Waals surface area contributed by atoms with Crippen molar-refractivity contribution in [3.63, 3.8) is 0 Å². The largest absolute Gasteiger partial charge is 0.293 e. The normalized spacial score (nSPS) is 24.8. The van der Waals surface area contributed by atoms with E-state index >= 15 is 0 Å². The second-order valence-electron chi connectivity index (χ2n) is 8.40. The molecule has 0 aliphatic heterocycles. The Labute approximate surface area is 186 Å². The Hall–Kier alpha value is -3.50. The highest BCUT2D eigenvalue weighted by Crippen LogP contribution is 2.53. The molecule has 2 aliphatic rings. The van der Waals surface area contributed by atoms with E-state index in [1.807, 2.05) is 37.3 Å². The molecule has 160 valence electrons. The number of hydrogen-bond acceptors (Lipinski definition) is 5. The third-order valence-electron chi connectivity index (χ3n) is 6.78. The van der Waals surface area contributed by atoms with Gasteiger partial charge < -0.3 is 0 Å². The average Bonchev–Trinajstić information content (AvgIpc) is 3.28. The number of nitrogens with zero attached hydrogens (tertiary/aromatic N) is 3. The van der Waals surface area contributed by atoms with E-state index < -0.39 is 15.4 Å². The van der Waals surface area contributed by atoms with Gasteiger partial charge >= 0.3 is 0 Å². The van der Waals surface area contributed by atoms with Crippen LogP contribution in [0.3, 0.4) is 0 Å². The van der Waals surface area contributed by atoms with E-state index in [9.17, 15) is 18.5 Å². The minimum Gasteiger partial charge on any atom is -0.293 e. The summed E-state index contributed by atoms with van der Waals surface area (Å²) in [6, 6.07) is 19.9. The fraction of sp³-hybridized carbons (Fsp3) is 0.240. The zero-order valence-corrected chi connectivity index (χ0v) is 18.3. The first kappa shape index (κ1) is 20.4. The fourth-order valence-corrected chi connectivity index (χ4v) is 6.41. The van der Waals surface area contributed by atoms with Gasteiger partial charge in [0.1, 0.15) is 6.07 Å². The summed E-state index contributed by atoms with van der Waals surface area (Å²) in [4.78, 5) is 13.0. The molecule has 0 saturated heterocycles. The molecule has 32 heavy (non-hydrogen) atoms. The Morgan fingerprint density at radius 1 is 1.09 bits per heavy atom. The number of ketones is 1. The van der Waals surface area contributed by atoms with E-state index in [4.69, 9.17) is 0 Å². The number of nitriles is 1. The lowest BCUT2D eigenvalue weighted by molar-refractivity contribution is -0.121. The summed E-state index contributed by atoms with van der Waals surface area (Å²) < 4.78 is 27.6. The maximum Gasteiger partial charge on any atom is 0.282 e. The molecule has 1 aromatic heterocycles. The van der Waals surface area contributed by atoms with Gasteiger partial charge in [0.2, 0.25) is 0 Å². The van der Waals surface area contributed by atoms with Crippen molar-refractivity contribution < 1.29 is 13.2 Å². The van der Waals surface area contributed by atoms with Gasteiger partial charge in [-0.3, -0.25) is 4.79 Å². The number of carbonyl (C=O) groups excluding carboxylic acids is 1. The van der Waals surface area contributed by atoms with Gasteiger partial charge in [0, 0.05) is 12.1 Å². The van der Waals surface area contributed by atoms with Crippen LogP contribution in [0.25, 0.3) is 0 Å². The smallest absolute Gasteiger partial charge is 0.282 e. The summed E-state index contributed by atoms with van der Waals surface area (Å²) in [6.07, 6.45) is 4.62. The van der Waals surface area contributed by atoms with E-state index in [0.29, 0.717) is 18.5 Å². The van der Waals surface area contributed by atoms with Crippen molar-refractivity contribution in [1.29, 1.82) is 5.26 Å². The Bertz CT molecular complexity index is 1390. The van der Waals surface area contributed by atoms with Crippen LogP contribution in [0.1, 0.15) is 30.2 Å². The molecule has 3 atom stereocenters. The van der Waals surface area contributed by atoms with Crippen LogP contribution >= 0.6 is 0 Å². The van der Waals surface area contributed by atoms with Crippen LogP contribution < -0.4 is 0 Å². The second kappa shape index (κ2) is 7.28. The molecule has 0 bridgehead atoms. The number of carbonyl (C=O) groups is 1. The molecule has 3 unspecified atom stereocenters. The topological polar surface area (TPSA) is 92.8 Å². The van der Waals surface area contributed by atoms with E-state index in [-0.39, 0.29) is 28.1 Å². The zero-order valence-electron chi connectivity index (χ0n) is 17.5. The molecule has 0 spiro atoms. The van der Waals surface area contributed by atoms with Crippen molar-refractivity contribution >= 4 is 15.8 Å². The maximum atomic E-state index is 13.3. The van der Waals surface area contributed by atoms with Crippen molar-refractivity contribution in [3.05, 3.63) is 95.3 Å². The molecule has 0 amide bonds. The number of rotatable bonds is 3. The molecule has 2 aliphatic carbocycles. The van der Waals surface area contributed by atoms with Crippen LogP contribution in [0.2, 0.25) is 0 Å². The quantitative estimate of drug-likeness (QED) is 0.616. The first-order valence-corrected chi connectivity index (χ1v) is 12.0. The number of hydrogen-bond donors (Lipinski definition) is 0. The Morgan fingerprint density at radius 3 is 2.41 bits per heavy atom. The van der Waals surface area contributed by atoms with Crippen LogP contribution in [-0.2, 0) is 26.7 Å². The predicted molar refractivity (Wildman–Crippen MR) is 118 cm³/mol. The van der Waals surface area contributed by atoms with Gasteiger partial charge in [0.15, 0.2) is 5.78 Å². The molecule has 0 N–H and O–H groups in total. The number of aromatic nitrogens is 2. The summed E-state index contributed by atoms with van der Waals surface area (Å²) >= 11 is 0. The zero-order chi connectivity index (χ0) is 22.5. The molecular formula is C25H21N3O3S. The summed E-state index contributed by atoms with van der Waals surface area (Å²) in [5.74, 6) is -0.660. The van der Waals surface area contributed by atoms with Gasteiger partial charge in [-0.1, -0.05) is 55.5 Å². The van der Waals surface area contributed by atoms with Gasteiger partial charge in [0.05, 0.1) is 21.6 Å². The summed E-state index contributed by atoms with van der Waals surface area (Å²) in [5, 5.41) is 14.3. The van der Waals surface area contributed by atoms with Gasteiger partial charge in [0.25, 0.3) is 10.0 Å². The fourth-order valence-electron chi connectivity index (χ4n) is 5.24. The minimum atomic E-state index is -3.87. The molecule has 6 nitrogen and oxygen atoms in total. The van der Waals surface area contributed by atoms with E-state index in [2.05, 4.69) is 11.2 Å². The van der Waals surface area contributed by atoms with Gasteiger partial charge in [-0.05, 0) is 48.1 Å². The number of Topliss-reactive ketones (excluding diaryl/α,β-unsaturated/α-hetero) is 1. The molecular weight excluding hydrogens is 422 g/mol. The third kappa shape index (κ3) is 2.80. The number of aryl methyl sites for hydroxylation is 1. The summed E-state index contributed by atoms with van der Waals surface area (Å²) in [7, 11) is -3.87. The van der Waals surface area contributed by atoms with Crippen molar-refractivity contribution in [1.82, 2.24) is 9.19 Å². The molecule has 7 heteroatoms. The maximum absolute atomic E-state index is 13.3. The lowest BCUT2D eigenvalue weighted by Gasteiger charge is -2.46. The highest BCUT2D eigenvalue weighted by atomic mass is 32.2. The highest BCUT2D eigenvalue weighted by Gasteiger charge is 2.53. The molecule has 0 saturated carbocycles. The summed E-state index contributed by atoms with van der Waals surface area (Å²) in [6.45, 7) is 1.86. The molecule has 3 aromatic rings. The van der Waals surface area contributed by atoms with Crippen LogP contribution in [0.5, 0.6) is 0 Å². The second-order valence-corrected chi connectivity index (χ2v) is 10.2. The SMILES string of the molecule is CC1C(=O)C(C#N)=CC2(c3ccccc3)c3nn(S(=O)(=O)c4ccccc4)cc3CCC12. The first-order valence-electron chi connectivity index (χ1n) is 10.5. The van der Waals surface area contributed by atoms with Crippen LogP contribution in [0.15, 0.2) is 83.4 Å². The predicted octanol–water partition coefficient (Wildman–Crippen LogP) is 3.64. The lowest BCUT2D eigenvalue weighted by Crippen LogP contribution is -2.48. The van der Waals surface area contributed by atoms with Gasteiger partial charge in [-0.15, -0.1) is 0 Å². The van der Waals surface area contributed by atoms with Crippen molar-refractivity contribution in [2.45, 2.75) is 30.1 Å². The molecule has 0 radical (unpaired) electrons. The third-order valence-corrected chi connectivity index (χ3v) is 8.33. The van der Waals surface area contributed by atoms with Crippen molar-refractivity contribution in [3.8, 4) is 6.07 Å². The standard InChI is InChI=1S/C25H21N3O3S/c1-17-22-13-12-18-16-28(32(30,31)21-10-6-3-7-11-21)27-24(18)25(22,14-19(15-26)23(17)29)20-8-4-2-5-9-20/h2-11,14,16-17,22H,12-13H2,1H3. The molecule has 5 rings (SSSR count). The Balaban J connectivity index is 1.79. The van der Waals surface area contributed by atoms with Gasteiger partial charge in [-0.2, -0.15) is 22.9 Å². The number of benzene rings is 2. The van der Waals surface area contributed by atoms with Crippen molar-refractivity contribution in [2.24, 2.45) is 11.8 Å². The minimum absolute atomic E-state index is 0.103. The number of allylic oxidation sites excluding steroid dienone is 2. The Morgan fingerprint density at radius 2 is 1.75 bits per heavy atom. The monoisotopic (exact) mass is 443 g/mol. The van der Waals surface area contributed by atoms with Gasteiger partial charge in [-0.25, -0.2) is 0 Å². The number of fused-ring (bicyclic) bond motifs is 3. The molecule has 2 aromatic carbocycles.